The van der Waals surface area contributed by atoms with Crippen molar-refractivity contribution in [3.05, 3.63) is 52.3 Å². The minimum atomic E-state index is 0.341. The van der Waals surface area contributed by atoms with Gasteiger partial charge >= 0.3 is 0 Å². The number of nitrogens with two attached hydrogens (primary N) is 1. The van der Waals surface area contributed by atoms with Crippen molar-refractivity contribution in [2.24, 2.45) is 5.73 Å². The van der Waals surface area contributed by atoms with E-state index in [4.69, 9.17) is 17.3 Å². The maximum absolute atomic E-state index is 5.94. The van der Waals surface area contributed by atoms with Crippen LogP contribution in [0.4, 0.5) is 0 Å². The molecule has 0 saturated heterocycles. The minimum absolute atomic E-state index is 0.341. The molecule has 4 nitrogen and oxygen atoms in total. The van der Waals surface area contributed by atoms with Crippen LogP contribution in [-0.4, -0.2) is 15.0 Å². The van der Waals surface area contributed by atoms with E-state index in [9.17, 15) is 0 Å². The Morgan fingerprint density at radius 1 is 1.11 bits per heavy atom. The Labute approximate surface area is 111 Å². The second-order valence-electron chi connectivity index (χ2n) is 4.05. The number of halogens is 1. The number of rotatable bonds is 4. The van der Waals surface area contributed by atoms with Gasteiger partial charge in [0.15, 0.2) is 0 Å². The smallest absolute Gasteiger partial charge is 0.146 e. The Morgan fingerprint density at radius 3 is 2.61 bits per heavy atom. The molecule has 0 amide bonds. The van der Waals surface area contributed by atoms with Crippen LogP contribution in [-0.2, 0) is 19.4 Å². The Hall–Kier alpha value is -1.52. The highest BCUT2D eigenvalue weighted by Gasteiger charge is 2.03. The Balaban J connectivity index is 2.08. The largest absolute Gasteiger partial charge is 0.324 e. The van der Waals surface area contributed by atoms with Crippen molar-refractivity contribution >= 4 is 11.6 Å². The first kappa shape index (κ1) is 12.9. The summed E-state index contributed by atoms with van der Waals surface area (Å²) in [6, 6.07) is 7.81. The van der Waals surface area contributed by atoms with Gasteiger partial charge in [-0.15, -0.1) is 0 Å². The number of aryl methyl sites for hydroxylation is 3. The predicted molar refractivity (Wildman–Crippen MR) is 71.3 cm³/mol. The van der Waals surface area contributed by atoms with Crippen molar-refractivity contribution in [2.45, 2.75) is 26.3 Å². The third-order valence-corrected chi connectivity index (χ3v) is 2.78. The van der Waals surface area contributed by atoms with Gasteiger partial charge in [-0.05, 0) is 31.0 Å². The van der Waals surface area contributed by atoms with Crippen LogP contribution in [0.1, 0.15) is 23.0 Å². The van der Waals surface area contributed by atoms with Crippen molar-refractivity contribution in [2.75, 3.05) is 0 Å². The molecule has 0 aliphatic carbocycles. The lowest BCUT2D eigenvalue weighted by molar-refractivity contribution is 0.763. The van der Waals surface area contributed by atoms with E-state index in [1.54, 1.807) is 0 Å². The molecule has 18 heavy (non-hydrogen) atoms. The van der Waals surface area contributed by atoms with Crippen LogP contribution in [0, 0.1) is 6.92 Å². The highest BCUT2D eigenvalue weighted by Crippen LogP contribution is 2.12. The van der Waals surface area contributed by atoms with Crippen molar-refractivity contribution in [3.8, 4) is 0 Å². The molecule has 0 fully saturated rings. The number of benzene rings is 1. The van der Waals surface area contributed by atoms with E-state index in [-0.39, 0.29) is 0 Å². The first-order valence-corrected chi connectivity index (χ1v) is 6.20. The van der Waals surface area contributed by atoms with Crippen LogP contribution in [0.2, 0.25) is 5.02 Å². The van der Waals surface area contributed by atoms with Crippen LogP contribution in [0.3, 0.4) is 0 Å². The molecular weight excluding hydrogens is 248 g/mol. The second-order valence-corrected chi connectivity index (χ2v) is 4.49. The summed E-state index contributed by atoms with van der Waals surface area (Å²) in [5.74, 6) is 2.14. The van der Waals surface area contributed by atoms with Crippen LogP contribution >= 0.6 is 11.6 Å². The van der Waals surface area contributed by atoms with E-state index in [1.165, 1.54) is 5.56 Å². The monoisotopic (exact) mass is 262 g/mol. The highest BCUT2D eigenvalue weighted by atomic mass is 35.5. The van der Waals surface area contributed by atoms with Gasteiger partial charge in [-0.1, -0.05) is 23.7 Å². The van der Waals surface area contributed by atoms with Gasteiger partial charge < -0.3 is 5.73 Å². The molecule has 0 unspecified atom stereocenters. The molecule has 0 saturated carbocycles. The maximum Gasteiger partial charge on any atom is 0.146 e. The van der Waals surface area contributed by atoms with Crippen molar-refractivity contribution in [1.29, 1.82) is 0 Å². The van der Waals surface area contributed by atoms with Crippen LogP contribution in [0.25, 0.3) is 0 Å². The fraction of sp³-hybridized carbons (Fsp3) is 0.308. The summed E-state index contributed by atoms with van der Waals surface area (Å²) in [4.78, 5) is 12.8. The predicted octanol–water partition coefficient (Wildman–Crippen LogP) is 2.08. The van der Waals surface area contributed by atoms with Gasteiger partial charge in [0, 0.05) is 11.4 Å². The molecule has 5 heteroatoms. The van der Waals surface area contributed by atoms with E-state index in [0.29, 0.717) is 18.2 Å². The highest BCUT2D eigenvalue weighted by molar-refractivity contribution is 6.30. The lowest BCUT2D eigenvalue weighted by Gasteiger charge is -2.04. The zero-order valence-corrected chi connectivity index (χ0v) is 11.0. The van der Waals surface area contributed by atoms with Gasteiger partial charge in [0.1, 0.15) is 17.5 Å². The molecule has 2 N–H and O–H groups in total. The Morgan fingerprint density at radius 2 is 1.89 bits per heavy atom. The van der Waals surface area contributed by atoms with Gasteiger partial charge in [-0.25, -0.2) is 15.0 Å². The first-order chi connectivity index (χ1) is 8.67. The van der Waals surface area contributed by atoms with E-state index in [2.05, 4.69) is 15.0 Å². The second kappa shape index (κ2) is 5.89. The molecule has 1 aromatic carbocycles. The molecule has 0 radical (unpaired) electrons. The summed E-state index contributed by atoms with van der Waals surface area (Å²) < 4.78 is 0. The lowest BCUT2D eigenvalue weighted by Crippen LogP contribution is -2.10. The normalized spacial score (nSPS) is 10.6. The summed E-state index contributed by atoms with van der Waals surface area (Å²) in [5, 5.41) is 0.752. The number of nitrogens with zero attached hydrogens (tertiary/aromatic N) is 3. The van der Waals surface area contributed by atoms with Crippen molar-refractivity contribution < 1.29 is 0 Å². The van der Waals surface area contributed by atoms with Crippen LogP contribution in [0.15, 0.2) is 24.3 Å². The molecule has 2 aromatic rings. The molecule has 1 aromatic heterocycles. The average molecular weight is 263 g/mol. The molecule has 94 valence electrons. The van der Waals surface area contributed by atoms with Gasteiger partial charge in [0.2, 0.25) is 0 Å². The van der Waals surface area contributed by atoms with Crippen LogP contribution in [0.5, 0.6) is 0 Å². The summed E-state index contributed by atoms with van der Waals surface area (Å²) >= 11 is 5.94. The van der Waals surface area contributed by atoms with Crippen molar-refractivity contribution in [1.82, 2.24) is 15.0 Å². The Bertz CT molecular complexity index is 542. The molecule has 0 spiro atoms. The van der Waals surface area contributed by atoms with Gasteiger partial charge in [0.05, 0.1) is 6.54 Å². The quantitative estimate of drug-likeness (QED) is 0.916. The average Bonchev–Trinajstić information content (AvgIpc) is 2.36. The van der Waals surface area contributed by atoms with E-state index >= 15 is 0 Å². The summed E-state index contributed by atoms with van der Waals surface area (Å²) in [6.45, 7) is 2.19. The van der Waals surface area contributed by atoms with Gasteiger partial charge in [0.25, 0.3) is 0 Å². The first-order valence-electron chi connectivity index (χ1n) is 5.82. The van der Waals surface area contributed by atoms with E-state index in [1.807, 2.05) is 31.2 Å². The molecule has 1 heterocycles. The fourth-order valence-electron chi connectivity index (χ4n) is 1.75. The molecule has 0 aliphatic heterocycles. The number of hydrogen-bond acceptors (Lipinski definition) is 4. The third-order valence-electron chi connectivity index (χ3n) is 2.55. The zero-order chi connectivity index (χ0) is 13.0. The summed E-state index contributed by atoms with van der Waals surface area (Å²) in [7, 11) is 0. The summed E-state index contributed by atoms with van der Waals surface area (Å²) in [6.07, 6.45) is 1.62. The SMILES string of the molecule is Cc1nc(CN)nc(CCc2cccc(Cl)c2)n1. The van der Waals surface area contributed by atoms with Crippen LogP contribution < -0.4 is 5.73 Å². The Kier molecular flexibility index (Phi) is 4.23. The molecule has 2 rings (SSSR count). The van der Waals surface area contributed by atoms with E-state index in [0.717, 1.165) is 23.7 Å². The zero-order valence-electron chi connectivity index (χ0n) is 10.2. The topological polar surface area (TPSA) is 64.7 Å². The van der Waals surface area contributed by atoms with Crippen molar-refractivity contribution in [3.63, 3.8) is 0 Å². The summed E-state index contributed by atoms with van der Waals surface area (Å²) in [5.41, 5.74) is 6.72. The fourth-order valence-corrected chi connectivity index (χ4v) is 1.96. The molecule has 0 bridgehead atoms. The standard InChI is InChI=1S/C13H15ClN4/c1-9-16-12(18-13(8-15)17-9)6-5-10-3-2-4-11(14)7-10/h2-4,7H,5-6,8,15H2,1H3. The third kappa shape index (κ3) is 3.48. The molecule has 0 aliphatic rings. The number of hydrogen-bond donors (Lipinski definition) is 1. The van der Waals surface area contributed by atoms with E-state index < -0.39 is 0 Å². The maximum atomic E-state index is 5.94. The molecular formula is C13H15ClN4. The van der Waals surface area contributed by atoms with Gasteiger partial charge in [-0.3, -0.25) is 0 Å². The number of aromatic nitrogens is 3. The minimum Gasteiger partial charge on any atom is -0.324 e. The lowest BCUT2D eigenvalue weighted by atomic mass is 10.1. The molecule has 0 atom stereocenters. The van der Waals surface area contributed by atoms with Gasteiger partial charge in [-0.2, -0.15) is 0 Å².